The Morgan fingerprint density at radius 1 is 1.15 bits per heavy atom. The van der Waals surface area contributed by atoms with Crippen molar-refractivity contribution in [3.05, 3.63) is 94.8 Å². The van der Waals surface area contributed by atoms with E-state index in [2.05, 4.69) is 11.1 Å². The lowest BCUT2D eigenvalue weighted by Crippen LogP contribution is -2.48. The van der Waals surface area contributed by atoms with Gasteiger partial charge in [-0.2, -0.15) is 5.26 Å². The first kappa shape index (κ1) is 21.7. The normalized spacial score (nSPS) is 23.2. The number of allylic oxidation sites excluding steroid dienone is 2. The Morgan fingerprint density at radius 3 is 2.56 bits per heavy atom. The van der Waals surface area contributed by atoms with Crippen molar-refractivity contribution in [1.29, 1.82) is 5.26 Å². The molecular formula is C28H23N3O3. The van der Waals surface area contributed by atoms with Gasteiger partial charge >= 0.3 is 5.97 Å². The zero-order valence-corrected chi connectivity index (χ0v) is 19.0. The molecule has 0 saturated carbocycles. The van der Waals surface area contributed by atoms with E-state index in [0.29, 0.717) is 11.4 Å². The van der Waals surface area contributed by atoms with Crippen LogP contribution >= 0.6 is 0 Å². The number of Topliss-reactive ketones (excluding diaryl/α,β-unsaturated/α-hetero) is 1. The molecule has 0 radical (unpaired) electrons. The summed E-state index contributed by atoms with van der Waals surface area (Å²) in [5.74, 6) is -0.293. The van der Waals surface area contributed by atoms with Crippen LogP contribution in [0.2, 0.25) is 0 Å². The minimum absolute atomic E-state index is 0.0172. The molecule has 0 aliphatic heterocycles. The van der Waals surface area contributed by atoms with Gasteiger partial charge in [0.25, 0.3) is 0 Å². The number of esters is 1. The Bertz CT molecular complexity index is 1360. The van der Waals surface area contributed by atoms with Crippen molar-refractivity contribution in [2.24, 2.45) is 11.8 Å². The predicted molar refractivity (Wildman–Crippen MR) is 126 cm³/mol. The number of rotatable bonds is 3. The maximum absolute atomic E-state index is 12.9. The minimum Gasteiger partial charge on any atom is -0.465 e. The Kier molecular flexibility index (Phi) is 5.33. The molecule has 6 nitrogen and oxygen atoms in total. The molecule has 2 aliphatic carbocycles. The Hall–Kier alpha value is -4.11. The molecule has 5 rings (SSSR count). The van der Waals surface area contributed by atoms with Crippen LogP contribution < -0.4 is 0 Å². The summed E-state index contributed by atoms with van der Waals surface area (Å²) in [4.78, 5) is 34.4. The molecule has 3 atom stereocenters. The number of carbonyl (C=O) groups is 2. The Balaban J connectivity index is 1.73. The second kappa shape index (κ2) is 8.35. The van der Waals surface area contributed by atoms with Crippen molar-refractivity contribution < 1.29 is 14.3 Å². The van der Waals surface area contributed by atoms with E-state index in [1.807, 2.05) is 49.5 Å². The fraction of sp³-hybridized carbons (Fsp3) is 0.250. The number of hydrogen-bond donors (Lipinski definition) is 0. The molecular weight excluding hydrogens is 426 g/mol. The van der Waals surface area contributed by atoms with Crippen LogP contribution in [0.5, 0.6) is 0 Å². The van der Waals surface area contributed by atoms with Crippen molar-refractivity contribution in [3.63, 3.8) is 0 Å². The maximum atomic E-state index is 12.9. The molecule has 168 valence electrons. The number of methoxy groups -OCH3 is 1. The average Bonchev–Trinajstić information content (AvgIpc) is 2.90. The van der Waals surface area contributed by atoms with E-state index < -0.39 is 11.4 Å². The zero-order chi connectivity index (χ0) is 23.9. The van der Waals surface area contributed by atoms with Crippen LogP contribution in [-0.4, -0.2) is 28.8 Å². The van der Waals surface area contributed by atoms with Gasteiger partial charge in [0.05, 0.1) is 29.4 Å². The monoisotopic (exact) mass is 449 g/mol. The third kappa shape index (κ3) is 3.24. The van der Waals surface area contributed by atoms with E-state index in [4.69, 9.17) is 9.72 Å². The molecule has 0 unspecified atom stereocenters. The first-order chi connectivity index (χ1) is 16.5. The molecule has 1 aromatic heterocycles. The van der Waals surface area contributed by atoms with Crippen LogP contribution in [0.1, 0.15) is 40.5 Å². The third-order valence-electron chi connectivity index (χ3n) is 7.16. The van der Waals surface area contributed by atoms with Gasteiger partial charge in [0.15, 0.2) is 11.6 Å². The number of ether oxygens (including phenoxy) is 1. The van der Waals surface area contributed by atoms with Gasteiger partial charge < -0.3 is 4.74 Å². The van der Waals surface area contributed by atoms with E-state index in [-0.39, 0.29) is 23.2 Å². The van der Waals surface area contributed by atoms with Crippen LogP contribution in [-0.2, 0) is 21.4 Å². The molecule has 2 aliphatic rings. The molecule has 0 saturated heterocycles. The SMILES string of the molecule is COC(=O)c1ccc(-c2ncc3c(n2)[C@@]2(c4ccccc4)C=C(C#N)C(=O)[C@@H](C)[C@@H]2CC3)cc1. The van der Waals surface area contributed by atoms with Crippen LogP contribution in [0.3, 0.4) is 0 Å². The summed E-state index contributed by atoms with van der Waals surface area (Å²) in [7, 11) is 1.35. The van der Waals surface area contributed by atoms with Crippen molar-refractivity contribution >= 4 is 11.8 Å². The molecule has 2 aromatic carbocycles. The van der Waals surface area contributed by atoms with Gasteiger partial charge in [-0.05, 0) is 48.1 Å². The summed E-state index contributed by atoms with van der Waals surface area (Å²) < 4.78 is 4.79. The molecule has 0 spiro atoms. The molecule has 0 N–H and O–H groups in total. The molecule has 0 amide bonds. The fourth-order valence-electron chi connectivity index (χ4n) is 5.46. The molecule has 0 bridgehead atoms. The summed E-state index contributed by atoms with van der Waals surface area (Å²) >= 11 is 0. The molecule has 3 aromatic rings. The summed E-state index contributed by atoms with van der Waals surface area (Å²) in [6, 6.07) is 19.1. The van der Waals surface area contributed by atoms with Crippen molar-refractivity contribution in [2.45, 2.75) is 25.2 Å². The smallest absolute Gasteiger partial charge is 0.337 e. The van der Waals surface area contributed by atoms with Gasteiger partial charge in [-0.1, -0.05) is 49.4 Å². The van der Waals surface area contributed by atoms with Gasteiger partial charge in [0.1, 0.15) is 6.07 Å². The number of fused-ring (bicyclic) bond motifs is 3. The zero-order valence-electron chi connectivity index (χ0n) is 19.0. The van der Waals surface area contributed by atoms with E-state index in [1.165, 1.54) is 7.11 Å². The number of hydrogen-bond acceptors (Lipinski definition) is 6. The van der Waals surface area contributed by atoms with Gasteiger partial charge in [-0.3, -0.25) is 4.79 Å². The van der Waals surface area contributed by atoms with Gasteiger partial charge in [-0.25, -0.2) is 14.8 Å². The van der Waals surface area contributed by atoms with Crippen LogP contribution in [0, 0.1) is 23.2 Å². The number of nitrogens with zero attached hydrogens (tertiary/aromatic N) is 3. The second-order valence-corrected chi connectivity index (χ2v) is 8.84. The minimum atomic E-state index is -0.698. The molecule has 34 heavy (non-hydrogen) atoms. The highest BCUT2D eigenvalue weighted by Gasteiger charge is 2.52. The van der Waals surface area contributed by atoms with Crippen molar-refractivity contribution in [2.75, 3.05) is 7.11 Å². The van der Waals surface area contributed by atoms with E-state index in [1.54, 1.807) is 24.3 Å². The summed E-state index contributed by atoms with van der Waals surface area (Å²) in [5, 5.41) is 9.79. The van der Waals surface area contributed by atoms with Gasteiger partial charge in [0.2, 0.25) is 0 Å². The fourth-order valence-corrected chi connectivity index (χ4v) is 5.46. The summed E-state index contributed by atoms with van der Waals surface area (Å²) in [5.41, 5.74) is 3.57. The highest BCUT2D eigenvalue weighted by molar-refractivity contribution is 6.02. The quantitative estimate of drug-likeness (QED) is 0.549. The third-order valence-corrected chi connectivity index (χ3v) is 7.16. The van der Waals surface area contributed by atoms with Crippen molar-refractivity contribution in [1.82, 2.24) is 9.97 Å². The number of ketones is 1. The standard InChI is InChI=1S/C28H23N3O3/c1-17-23-13-12-20-16-30-26(18-8-10-19(11-9-18)27(33)34-2)31-25(20)28(23,14-21(15-29)24(17)32)22-6-4-3-5-7-22/h3-11,14,16-17,23H,12-13H2,1-2H3/t17-,23-,28+/m0/s1. The first-order valence-corrected chi connectivity index (χ1v) is 11.3. The van der Waals surface area contributed by atoms with Crippen molar-refractivity contribution in [3.8, 4) is 17.5 Å². The highest BCUT2D eigenvalue weighted by Crippen LogP contribution is 2.53. The maximum Gasteiger partial charge on any atom is 0.337 e. The number of benzene rings is 2. The predicted octanol–water partition coefficient (Wildman–Crippen LogP) is 4.45. The Morgan fingerprint density at radius 2 is 1.88 bits per heavy atom. The van der Waals surface area contributed by atoms with Gasteiger partial charge in [-0.15, -0.1) is 0 Å². The lowest BCUT2D eigenvalue weighted by atomic mass is 9.54. The van der Waals surface area contributed by atoms with E-state index in [9.17, 15) is 14.9 Å². The van der Waals surface area contributed by atoms with E-state index in [0.717, 1.165) is 35.2 Å². The summed E-state index contributed by atoms with van der Waals surface area (Å²) in [6.07, 6.45) is 5.27. The lowest BCUT2D eigenvalue weighted by Gasteiger charge is -2.47. The molecule has 1 heterocycles. The van der Waals surface area contributed by atoms with Gasteiger partial charge in [0, 0.05) is 17.7 Å². The molecule has 6 heteroatoms. The average molecular weight is 450 g/mol. The topological polar surface area (TPSA) is 92.9 Å². The largest absolute Gasteiger partial charge is 0.465 e. The number of nitriles is 1. The lowest BCUT2D eigenvalue weighted by molar-refractivity contribution is -0.121. The number of carbonyl (C=O) groups excluding carboxylic acids is 2. The van der Waals surface area contributed by atoms with E-state index >= 15 is 0 Å². The van der Waals surface area contributed by atoms with Crippen LogP contribution in [0.15, 0.2) is 72.4 Å². The number of aromatic nitrogens is 2. The highest BCUT2D eigenvalue weighted by atomic mass is 16.5. The Labute approximate surface area is 197 Å². The molecule has 0 fully saturated rings. The summed E-state index contributed by atoms with van der Waals surface area (Å²) in [6.45, 7) is 1.92. The number of aryl methyl sites for hydroxylation is 1. The first-order valence-electron chi connectivity index (χ1n) is 11.3. The van der Waals surface area contributed by atoms with Crippen LogP contribution in [0.25, 0.3) is 11.4 Å². The second-order valence-electron chi connectivity index (χ2n) is 8.84. The van der Waals surface area contributed by atoms with Crippen LogP contribution in [0.4, 0.5) is 0 Å².